The molecule has 2 N–H and O–H groups in total. The molecule has 29 heavy (non-hydrogen) atoms. The van der Waals surface area contributed by atoms with Crippen molar-refractivity contribution in [3.05, 3.63) is 65.7 Å². The fraction of sp³-hybridized carbons (Fsp3) is 0.435. The lowest BCUT2D eigenvalue weighted by Crippen LogP contribution is -2.37. The van der Waals surface area contributed by atoms with Crippen LogP contribution < -0.4 is 10.6 Å². The predicted octanol–water partition coefficient (Wildman–Crippen LogP) is 3.56. The largest absolute Gasteiger partial charge is 0.356 e. The van der Waals surface area contributed by atoms with Crippen molar-refractivity contribution >= 4 is 11.8 Å². The highest BCUT2D eigenvalue weighted by Crippen LogP contribution is 2.36. The Balaban J connectivity index is 1.48. The zero-order valence-electron chi connectivity index (χ0n) is 16.7. The maximum absolute atomic E-state index is 13.7. The minimum atomic E-state index is -0.346. The number of pyridine rings is 1. The molecule has 2 amide bonds. The maximum Gasteiger partial charge on any atom is 0.224 e. The van der Waals surface area contributed by atoms with E-state index in [2.05, 4.69) is 15.6 Å². The van der Waals surface area contributed by atoms with Crippen LogP contribution in [0.3, 0.4) is 0 Å². The van der Waals surface area contributed by atoms with Gasteiger partial charge >= 0.3 is 0 Å². The standard InChI is InChI=1S/C23H28FN3O2/c1-16(28)27-23(21-8-4-5-13-25-21)18-11-9-17(10-12-18)15-26-22(29)14-19-6-2-3-7-20(19)24/h2-8,13,17-18,23H,9-12,14-15H2,1H3,(H,26,29)(H,27,28)/t17?,18?,23-/m1/s1. The molecule has 1 aliphatic rings. The normalized spacial score (nSPS) is 19.9. The fourth-order valence-electron chi connectivity index (χ4n) is 4.07. The van der Waals surface area contributed by atoms with E-state index in [1.54, 1.807) is 24.4 Å². The smallest absolute Gasteiger partial charge is 0.224 e. The van der Waals surface area contributed by atoms with E-state index in [1.807, 2.05) is 18.2 Å². The number of nitrogens with zero attached hydrogens (tertiary/aromatic N) is 1. The Morgan fingerprint density at radius 1 is 1.10 bits per heavy atom. The van der Waals surface area contributed by atoms with E-state index in [9.17, 15) is 14.0 Å². The predicted molar refractivity (Wildman–Crippen MR) is 109 cm³/mol. The van der Waals surface area contributed by atoms with Crippen LogP contribution in [-0.2, 0) is 16.0 Å². The second kappa shape index (κ2) is 10.1. The van der Waals surface area contributed by atoms with Crippen molar-refractivity contribution in [2.24, 2.45) is 11.8 Å². The lowest BCUT2D eigenvalue weighted by atomic mass is 9.77. The number of amides is 2. The Labute approximate surface area is 171 Å². The van der Waals surface area contributed by atoms with Gasteiger partial charge in [0.2, 0.25) is 11.8 Å². The van der Waals surface area contributed by atoms with E-state index >= 15 is 0 Å². The first-order valence-corrected chi connectivity index (χ1v) is 10.2. The van der Waals surface area contributed by atoms with Crippen molar-refractivity contribution in [1.29, 1.82) is 0 Å². The topological polar surface area (TPSA) is 71.1 Å². The first kappa shape index (κ1) is 21.0. The first-order chi connectivity index (χ1) is 14.0. The van der Waals surface area contributed by atoms with Crippen LogP contribution in [0, 0.1) is 17.7 Å². The second-order valence-electron chi connectivity index (χ2n) is 7.79. The summed E-state index contributed by atoms with van der Waals surface area (Å²) < 4.78 is 13.7. The van der Waals surface area contributed by atoms with Crippen molar-refractivity contribution in [1.82, 2.24) is 15.6 Å². The number of carbonyl (C=O) groups excluding carboxylic acids is 2. The van der Waals surface area contributed by atoms with Gasteiger partial charge in [0.05, 0.1) is 18.2 Å². The van der Waals surface area contributed by atoms with Gasteiger partial charge in [-0.15, -0.1) is 0 Å². The van der Waals surface area contributed by atoms with Crippen molar-refractivity contribution in [2.45, 2.75) is 45.1 Å². The van der Waals surface area contributed by atoms with E-state index in [0.29, 0.717) is 23.9 Å². The Morgan fingerprint density at radius 3 is 2.48 bits per heavy atom. The van der Waals surface area contributed by atoms with Crippen molar-refractivity contribution < 1.29 is 14.0 Å². The summed E-state index contributed by atoms with van der Waals surface area (Å²) in [6.45, 7) is 2.14. The number of rotatable bonds is 7. The van der Waals surface area contributed by atoms with E-state index in [-0.39, 0.29) is 30.1 Å². The molecule has 1 aromatic heterocycles. The molecule has 1 atom stereocenters. The van der Waals surface area contributed by atoms with Crippen molar-refractivity contribution in [3.8, 4) is 0 Å². The molecule has 0 unspecified atom stereocenters. The zero-order valence-corrected chi connectivity index (χ0v) is 16.7. The van der Waals surface area contributed by atoms with E-state index < -0.39 is 0 Å². The van der Waals surface area contributed by atoms with Crippen LogP contribution in [-0.4, -0.2) is 23.3 Å². The highest BCUT2D eigenvalue weighted by molar-refractivity contribution is 5.78. The zero-order chi connectivity index (χ0) is 20.6. The molecular formula is C23H28FN3O2. The number of carbonyl (C=O) groups is 2. The molecule has 1 fully saturated rings. The number of aromatic nitrogens is 1. The quantitative estimate of drug-likeness (QED) is 0.750. The summed E-state index contributed by atoms with van der Waals surface area (Å²) in [5.74, 6) is 0.184. The summed E-state index contributed by atoms with van der Waals surface area (Å²) in [4.78, 5) is 28.3. The van der Waals surface area contributed by atoms with Gasteiger partial charge in [0.1, 0.15) is 5.82 Å². The average molecular weight is 397 g/mol. The highest BCUT2D eigenvalue weighted by atomic mass is 19.1. The van der Waals surface area contributed by atoms with Gasteiger partial charge in [-0.25, -0.2) is 4.39 Å². The lowest BCUT2D eigenvalue weighted by Gasteiger charge is -2.34. The van der Waals surface area contributed by atoms with E-state index in [1.165, 1.54) is 13.0 Å². The summed E-state index contributed by atoms with van der Waals surface area (Å²) in [6.07, 6.45) is 5.71. The van der Waals surface area contributed by atoms with Crippen LogP contribution >= 0.6 is 0 Å². The van der Waals surface area contributed by atoms with Gasteiger partial charge in [-0.1, -0.05) is 24.3 Å². The molecule has 1 heterocycles. The lowest BCUT2D eigenvalue weighted by molar-refractivity contribution is -0.121. The monoisotopic (exact) mass is 397 g/mol. The molecule has 1 aromatic carbocycles. The molecule has 0 saturated heterocycles. The van der Waals surface area contributed by atoms with Crippen LogP contribution in [0.4, 0.5) is 4.39 Å². The molecule has 0 spiro atoms. The molecular weight excluding hydrogens is 369 g/mol. The summed E-state index contributed by atoms with van der Waals surface area (Å²) in [5.41, 5.74) is 1.31. The van der Waals surface area contributed by atoms with Crippen LogP contribution in [0.15, 0.2) is 48.7 Å². The Hall–Kier alpha value is -2.76. The van der Waals surface area contributed by atoms with Gasteiger partial charge < -0.3 is 10.6 Å². The molecule has 154 valence electrons. The molecule has 0 aliphatic heterocycles. The summed E-state index contributed by atoms with van der Waals surface area (Å²) >= 11 is 0. The Bertz CT molecular complexity index is 820. The minimum Gasteiger partial charge on any atom is -0.356 e. The van der Waals surface area contributed by atoms with Gasteiger partial charge in [-0.2, -0.15) is 0 Å². The summed E-state index contributed by atoms with van der Waals surface area (Å²) in [5, 5.41) is 6.01. The van der Waals surface area contributed by atoms with Crippen LogP contribution in [0.5, 0.6) is 0 Å². The molecule has 0 radical (unpaired) electrons. The van der Waals surface area contributed by atoms with Crippen LogP contribution in [0.25, 0.3) is 0 Å². The van der Waals surface area contributed by atoms with Gasteiger partial charge in [0, 0.05) is 19.7 Å². The number of hydrogen-bond donors (Lipinski definition) is 2. The Kier molecular flexibility index (Phi) is 7.33. The van der Waals surface area contributed by atoms with E-state index in [0.717, 1.165) is 31.4 Å². The molecule has 6 heteroatoms. The second-order valence-corrected chi connectivity index (χ2v) is 7.79. The SMILES string of the molecule is CC(=O)N[C@@H](c1ccccn1)C1CCC(CNC(=O)Cc2ccccc2F)CC1. The van der Waals surface area contributed by atoms with Gasteiger partial charge in [-0.3, -0.25) is 14.6 Å². The molecule has 1 saturated carbocycles. The highest BCUT2D eigenvalue weighted by Gasteiger charge is 2.30. The summed E-state index contributed by atoms with van der Waals surface area (Å²) in [6, 6.07) is 12.1. The number of nitrogens with one attached hydrogen (secondary N) is 2. The van der Waals surface area contributed by atoms with Gasteiger partial charge in [0.25, 0.3) is 0 Å². The third-order valence-corrected chi connectivity index (χ3v) is 5.62. The number of benzene rings is 1. The van der Waals surface area contributed by atoms with Crippen molar-refractivity contribution in [2.75, 3.05) is 6.54 Å². The third-order valence-electron chi connectivity index (χ3n) is 5.62. The molecule has 0 bridgehead atoms. The average Bonchev–Trinajstić information content (AvgIpc) is 2.73. The van der Waals surface area contributed by atoms with E-state index in [4.69, 9.17) is 0 Å². The molecule has 5 nitrogen and oxygen atoms in total. The summed E-state index contributed by atoms with van der Waals surface area (Å²) in [7, 11) is 0. The third kappa shape index (κ3) is 6.11. The maximum atomic E-state index is 13.7. The number of halogens is 1. The first-order valence-electron chi connectivity index (χ1n) is 10.2. The van der Waals surface area contributed by atoms with Crippen LogP contribution in [0.1, 0.15) is 49.9 Å². The van der Waals surface area contributed by atoms with Crippen molar-refractivity contribution in [3.63, 3.8) is 0 Å². The van der Waals surface area contributed by atoms with Gasteiger partial charge in [0.15, 0.2) is 0 Å². The minimum absolute atomic E-state index is 0.0526. The molecule has 1 aliphatic carbocycles. The van der Waals surface area contributed by atoms with Crippen LogP contribution in [0.2, 0.25) is 0 Å². The molecule has 3 rings (SSSR count). The Morgan fingerprint density at radius 2 is 1.83 bits per heavy atom. The van der Waals surface area contributed by atoms with Gasteiger partial charge in [-0.05, 0) is 61.3 Å². The molecule has 2 aromatic rings. The fourth-order valence-corrected chi connectivity index (χ4v) is 4.07. The number of hydrogen-bond acceptors (Lipinski definition) is 3.